The Kier molecular flexibility index (Phi) is 8.84. The van der Waals surface area contributed by atoms with Gasteiger partial charge in [0.1, 0.15) is 0 Å². The van der Waals surface area contributed by atoms with Gasteiger partial charge in [0.15, 0.2) is 0 Å². The molecule has 30 heavy (non-hydrogen) atoms. The zero-order chi connectivity index (χ0) is 21.3. The average molecular weight is 411 g/mol. The zero-order valence-corrected chi connectivity index (χ0v) is 19.1. The van der Waals surface area contributed by atoms with E-state index in [0.29, 0.717) is 12.3 Å². The Hall–Kier alpha value is -1.77. The van der Waals surface area contributed by atoms with Gasteiger partial charge in [-0.05, 0) is 93.1 Å². The third kappa shape index (κ3) is 6.62. The largest absolute Gasteiger partial charge is 0.375 e. The van der Waals surface area contributed by atoms with E-state index in [9.17, 15) is 4.79 Å². The van der Waals surface area contributed by atoms with E-state index >= 15 is 0 Å². The lowest BCUT2D eigenvalue weighted by Gasteiger charge is -2.29. The van der Waals surface area contributed by atoms with E-state index in [0.717, 1.165) is 44.2 Å². The number of nitrogens with zero attached hydrogens (tertiary/aromatic N) is 1. The summed E-state index contributed by atoms with van der Waals surface area (Å²) in [4.78, 5) is 13.4. The molecule has 166 valence electrons. The van der Waals surface area contributed by atoms with Crippen molar-refractivity contribution in [3.05, 3.63) is 47.7 Å². The maximum Gasteiger partial charge on any atom is 0.217 e. The van der Waals surface area contributed by atoms with Crippen LogP contribution in [-0.4, -0.2) is 23.9 Å². The molecule has 3 rings (SSSR count). The van der Waals surface area contributed by atoms with Crippen molar-refractivity contribution < 1.29 is 4.79 Å². The van der Waals surface area contributed by atoms with Crippen molar-refractivity contribution in [2.24, 2.45) is 17.6 Å². The highest BCUT2D eigenvalue weighted by atomic mass is 16.1. The molecule has 2 fully saturated rings. The third-order valence-corrected chi connectivity index (χ3v) is 7.60. The molecule has 0 radical (unpaired) electrons. The van der Waals surface area contributed by atoms with Crippen LogP contribution in [0.2, 0.25) is 0 Å². The van der Waals surface area contributed by atoms with Gasteiger partial charge in [-0.1, -0.05) is 44.2 Å². The van der Waals surface area contributed by atoms with Gasteiger partial charge in [-0.15, -0.1) is 0 Å². The summed E-state index contributed by atoms with van der Waals surface area (Å²) in [6.45, 7) is 8.96. The minimum atomic E-state index is -0.173. The summed E-state index contributed by atoms with van der Waals surface area (Å²) in [7, 11) is 0. The van der Waals surface area contributed by atoms with Crippen LogP contribution >= 0.6 is 0 Å². The van der Waals surface area contributed by atoms with Crippen molar-refractivity contribution in [1.82, 2.24) is 4.90 Å². The van der Waals surface area contributed by atoms with Crippen molar-refractivity contribution in [3.63, 3.8) is 0 Å². The van der Waals surface area contributed by atoms with Crippen LogP contribution in [0.3, 0.4) is 0 Å². The Morgan fingerprint density at radius 3 is 2.57 bits per heavy atom. The fourth-order valence-electron chi connectivity index (χ4n) is 5.60. The number of rotatable bonds is 11. The van der Waals surface area contributed by atoms with Crippen LogP contribution < -0.4 is 5.73 Å². The summed E-state index contributed by atoms with van der Waals surface area (Å²) in [5.41, 5.74) is 9.75. The van der Waals surface area contributed by atoms with E-state index < -0.39 is 0 Å². The van der Waals surface area contributed by atoms with E-state index in [1.54, 1.807) is 11.1 Å². The van der Waals surface area contributed by atoms with Gasteiger partial charge in [-0.2, -0.15) is 0 Å². The number of aryl methyl sites for hydroxylation is 1. The minimum Gasteiger partial charge on any atom is -0.375 e. The zero-order valence-electron chi connectivity index (χ0n) is 19.1. The predicted octanol–water partition coefficient (Wildman–Crippen LogP) is 6.18. The van der Waals surface area contributed by atoms with Crippen LogP contribution in [0.15, 0.2) is 36.5 Å². The molecular formula is C27H42N2O. The second kappa shape index (κ2) is 11.6. The molecule has 1 aliphatic heterocycles. The molecule has 2 aliphatic rings. The standard InChI is InChI=1S/C27H42N2O/c1-3-22-14-16-25(17-15-22)26-12-5-4-10-24(26)11-6-8-21(2)29-19-18-23(20-29)9-7-13-27(28)30/h4-5,10,12,22-23,25H,2-3,6-9,11,13-20H2,1H3,(H2,28,30). The molecule has 0 aromatic heterocycles. The molecule has 0 bridgehead atoms. The average Bonchev–Trinajstić information content (AvgIpc) is 3.23. The van der Waals surface area contributed by atoms with Crippen molar-refractivity contribution in [1.29, 1.82) is 0 Å². The van der Waals surface area contributed by atoms with E-state index in [2.05, 4.69) is 42.7 Å². The molecular weight excluding hydrogens is 368 g/mol. The number of primary amides is 1. The van der Waals surface area contributed by atoms with Crippen molar-refractivity contribution in [2.75, 3.05) is 13.1 Å². The Morgan fingerprint density at radius 1 is 1.07 bits per heavy atom. The number of likely N-dealkylation sites (tertiary alicyclic amines) is 1. The minimum absolute atomic E-state index is 0.173. The summed E-state index contributed by atoms with van der Waals surface area (Å²) >= 11 is 0. The van der Waals surface area contributed by atoms with Crippen molar-refractivity contribution in [2.45, 2.75) is 89.9 Å². The van der Waals surface area contributed by atoms with Gasteiger partial charge in [0.2, 0.25) is 5.91 Å². The maximum absolute atomic E-state index is 10.9. The molecule has 1 saturated carbocycles. The number of hydrogen-bond acceptors (Lipinski definition) is 2. The number of amides is 1. The van der Waals surface area contributed by atoms with Crippen molar-refractivity contribution in [3.8, 4) is 0 Å². The normalized spacial score (nSPS) is 24.2. The Balaban J connectivity index is 1.42. The number of benzene rings is 1. The van der Waals surface area contributed by atoms with Crippen molar-refractivity contribution >= 4 is 5.91 Å². The first kappa shape index (κ1) is 22.9. The number of nitrogens with two attached hydrogens (primary N) is 1. The molecule has 1 aliphatic carbocycles. The van der Waals surface area contributed by atoms with Crippen LogP contribution in [0.25, 0.3) is 0 Å². The summed E-state index contributed by atoms with van der Waals surface area (Å²) in [6.07, 6.45) is 14.1. The monoisotopic (exact) mass is 410 g/mol. The van der Waals surface area contributed by atoms with Crippen LogP contribution in [0.5, 0.6) is 0 Å². The number of carbonyl (C=O) groups is 1. The quantitative estimate of drug-likeness (QED) is 0.473. The molecule has 1 aromatic carbocycles. The van der Waals surface area contributed by atoms with Crippen LogP contribution in [0.1, 0.15) is 94.6 Å². The van der Waals surface area contributed by atoms with Gasteiger partial charge in [0.05, 0.1) is 0 Å². The fourth-order valence-corrected chi connectivity index (χ4v) is 5.60. The first-order valence-electron chi connectivity index (χ1n) is 12.4. The lowest BCUT2D eigenvalue weighted by molar-refractivity contribution is -0.118. The molecule has 0 spiro atoms. The molecule has 3 nitrogen and oxygen atoms in total. The lowest BCUT2D eigenvalue weighted by Crippen LogP contribution is -2.20. The Morgan fingerprint density at radius 2 is 1.83 bits per heavy atom. The van der Waals surface area contributed by atoms with Crippen LogP contribution in [0, 0.1) is 11.8 Å². The number of carbonyl (C=O) groups excluding carboxylic acids is 1. The molecule has 1 saturated heterocycles. The van der Waals surface area contributed by atoms with Gasteiger partial charge >= 0.3 is 0 Å². The second-order valence-corrected chi connectivity index (χ2v) is 9.70. The highest BCUT2D eigenvalue weighted by Gasteiger charge is 2.24. The van der Waals surface area contributed by atoms with Gasteiger partial charge in [-0.3, -0.25) is 4.79 Å². The second-order valence-electron chi connectivity index (χ2n) is 9.70. The molecule has 1 aromatic rings. The first-order valence-corrected chi connectivity index (χ1v) is 12.4. The highest BCUT2D eigenvalue weighted by Crippen LogP contribution is 2.38. The maximum atomic E-state index is 10.9. The van der Waals surface area contributed by atoms with E-state index in [4.69, 9.17) is 5.73 Å². The Labute approximate surface area is 184 Å². The molecule has 1 heterocycles. The first-order chi connectivity index (χ1) is 14.6. The fraction of sp³-hybridized carbons (Fsp3) is 0.667. The van der Waals surface area contributed by atoms with Gasteiger partial charge in [0.25, 0.3) is 0 Å². The summed E-state index contributed by atoms with van der Waals surface area (Å²) < 4.78 is 0. The smallest absolute Gasteiger partial charge is 0.217 e. The van der Waals surface area contributed by atoms with E-state index in [1.165, 1.54) is 57.1 Å². The molecule has 1 amide bonds. The SMILES string of the molecule is C=C(CCCc1ccccc1C1CCC(CC)CC1)N1CCC(CCCC(N)=O)C1. The Bertz CT molecular complexity index is 690. The summed E-state index contributed by atoms with van der Waals surface area (Å²) in [5.74, 6) is 2.25. The lowest BCUT2D eigenvalue weighted by atomic mass is 9.76. The predicted molar refractivity (Wildman–Crippen MR) is 126 cm³/mol. The molecule has 2 N–H and O–H groups in total. The highest BCUT2D eigenvalue weighted by molar-refractivity contribution is 5.73. The van der Waals surface area contributed by atoms with E-state index in [-0.39, 0.29) is 5.91 Å². The topological polar surface area (TPSA) is 46.3 Å². The van der Waals surface area contributed by atoms with Crippen LogP contribution in [0.4, 0.5) is 0 Å². The van der Waals surface area contributed by atoms with E-state index in [1.807, 2.05) is 0 Å². The number of hydrogen-bond donors (Lipinski definition) is 1. The van der Waals surface area contributed by atoms with Gasteiger partial charge < -0.3 is 10.6 Å². The summed E-state index contributed by atoms with van der Waals surface area (Å²) in [6, 6.07) is 9.18. The van der Waals surface area contributed by atoms with Gasteiger partial charge in [0, 0.05) is 25.2 Å². The van der Waals surface area contributed by atoms with Crippen LogP contribution in [-0.2, 0) is 11.2 Å². The summed E-state index contributed by atoms with van der Waals surface area (Å²) in [5, 5.41) is 0. The number of allylic oxidation sites excluding steroid dienone is 1. The molecule has 1 atom stereocenters. The third-order valence-electron chi connectivity index (χ3n) is 7.60. The van der Waals surface area contributed by atoms with Gasteiger partial charge in [-0.25, -0.2) is 0 Å². The molecule has 1 unspecified atom stereocenters. The molecule has 3 heteroatoms.